The van der Waals surface area contributed by atoms with Gasteiger partial charge >= 0.3 is 0 Å². The van der Waals surface area contributed by atoms with Crippen molar-refractivity contribution in [3.63, 3.8) is 0 Å². The van der Waals surface area contributed by atoms with Gasteiger partial charge in [0.2, 0.25) is 0 Å². The SMILES string of the molecule is CCCCCCCCC=NOC. The molecule has 72 valence electrons. The molecule has 0 aromatic heterocycles. The number of rotatable bonds is 8. The first-order valence-corrected chi connectivity index (χ1v) is 4.96. The van der Waals surface area contributed by atoms with Crippen LogP contribution in [0.4, 0.5) is 0 Å². The summed E-state index contributed by atoms with van der Waals surface area (Å²) in [6.45, 7) is 2.24. The van der Waals surface area contributed by atoms with Crippen LogP contribution in [0.25, 0.3) is 0 Å². The normalized spacial score (nSPS) is 10.8. The van der Waals surface area contributed by atoms with E-state index >= 15 is 0 Å². The molecule has 2 heteroatoms. The summed E-state index contributed by atoms with van der Waals surface area (Å²) in [6.07, 6.45) is 10.9. The number of oxime groups is 1. The fourth-order valence-corrected chi connectivity index (χ4v) is 1.14. The Labute approximate surface area is 76.0 Å². The molecule has 0 aliphatic heterocycles. The van der Waals surface area contributed by atoms with E-state index in [1.165, 1.54) is 38.5 Å². The molecule has 0 spiro atoms. The van der Waals surface area contributed by atoms with Crippen LogP contribution in [-0.2, 0) is 4.84 Å². The van der Waals surface area contributed by atoms with E-state index in [0.717, 1.165) is 6.42 Å². The lowest BCUT2D eigenvalue weighted by atomic mass is 10.1. The minimum Gasteiger partial charge on any atom is -0.399 e. The van der Waals surface area contributed by atoms with Gasteiger partial charge in [0.1, 0.15) is 7.11 Å². The third-order valence-electron chi connectivity index (χ3n) is 1.87. The summed E-state index contributed by atoms with van der Waals surface area (Å²) in [4.78, 5) is 4.56. The molecule has 0 fully saturated rings. The molecule has 0 atom stereocenters. The maximum atomic E-state index is 4.56. The monoisotopic (exact) mass is 171 g/mol. The molecule has 0 heterocycles. The number of hydrogen-bond donors (Lipinski definition) is 0. The lowest BCUT2D eigenvalue weighted by Crippen LogP contribution is -1.81. The quantitative estimate of drug-likeness (QED) is 0.312. The Morgan fingerprint density at radius 1 is 1.08 bits per heavy atom. The molecule has 0 saturated heterocycles. The molecule has 0 N–H and O–H groups in total. The Bertz CT molecular complexity index is 102. The van der Waals surface area contributed by atoms with E-state index in [4.69, 9.17) is 0 Å². The molecule has 0 radical (unpaired) electrons. The van der Waals surface area contributed by atoms with Crippen LogP contribution in [0.2, 0.25) is 0 Å². The summed E-state index contributed by atoms with van der Waals surface area (Å²) in [5, 5.41) is 3.68. The number of hydrogen-bond acceptors (Lipinski definition) is 2. The predicted molar refractivity (Wildman–Crippen MR) is 53.5 cm³/mol. The van der Waals surface area contributed by atoms with Gasteiger partial charge in [-0.3, -0.25) is 0 Å². The van der Waals surface area contributed by atoms with E-state index in [1.54, 1.807) is 7.11 Å². The molecule has 0 bridgehead atoms. The first kappa shape index (κ1) is 11.5. The highest BCUT2D eigenvalue weighted by Gasteiger charge is 1.87. The second kappa shape index (κ2) is 10.5. The van der Waals surface area contributed by atoms with Crippen LogP contribution >= 0.6 is 0 Å². The van der Waals surface area contributed by atoms with Crippen molar-refractivity contribution in [2.75, 3.05) is 7.11 Å². The smallest absolute Gasteiger partial charge is 0.106 e. The summed E-state index contributed by atoms with van der Waals surface area (Å²) < 4.78 is 0. The van der Waals surface area contributed by atoms with Crippen LogP contribution in [-0.4, -0.2) is 13.3 Å². The summed E-state index contributed by atoms with van der Waals surface area (Å²) in [5.41, 5.74) is 0. The zero-order chi connectivity index (χ0) is 9.07. The van der Waals surface area contributed by atoms with Gasteiger partial charge in [-0.05, 0) is 12.8 Å². The maximum absolute atomic E-state index is 4.56. The Morgan fingerprint density at radius 2 is 1.75 bits per heavy atom. The molecule has 0 aliphatic carbocycles. The van der Waals surface area contributed by atoms with Gasteiger partial charge in [-0.2, -0.15) is 0 Å². The maximum Gasteiger partial charge on any atom is 0.106 e. The summed E-state index contributed by atoms with van der Waals surface area (Å²) in [6, 6.07) is 0. The van der Waals surface area contributed by atoms with Crippen molar-refractivity contribution in [3.05, 3.63) is 0 Å². The van der Waals surface area contributed by atoms with E-state index in [2.05, 4.69) is 16.9 Å². The number of unbranched alkanes of at least 4 members (excludes halogenated alkanes) is 6. The Balaban J connectivity index is 2.86. The fraction of sp³-hybridized carbons (Fsp3) is 0.900. The van der Waals surface area contributed by atoms with Crippen LogP contribution in [0, 0.1) is 0 Å². The molecular weight excluding hydrogens is 150 g/mol. The Kier molecular flexibility index (Phi) is 10.0. The highest BCUT2D eigenvalue weighted by Crippen LogP contribution is 2.05. The Hall–Kier alpha value is -0.530. The minimum atomic E-state index is 1.06. The van der Waals surface area contributed by atoms with Gasteiger partial charge < -0.3 is 4.84 Å². The van der Waals surface area contributed by atoms with E-state index in [-0.39, 0.29) is 0 Å². The number of nitrogens with zero attached hydrogens (tertiary/aromatic N) is 1. The highest BCUT2D eigenvalue weighted by atomic mass is 16.6. The van der Waals surface area contributed by atoms with E-state index in [1.807, 2.05) is 6.21 Å². The average molecular weight is 171 g/mol. The largest absolute Gasteiger partial charge is 0.399 e. The average Bonchev–Trinajstić information content (AvgIpc) is 2.10. The second-order valence-corrected chi connectivity index (χ2v) is 3.03. The van der Waals surface area contributed by atoms with Crippen LogP contribution in [0.3, 0.4) is 0 Å². The zero-order valence-electron chi connectivity index (χ0n) is 8.38. The lowest BCUT2D eigenvalue weighted by molar-refractivity contribution is 0.214. The van der Waals surface area contributed by atoms with Crippen LogP contribution in [0.1, 0.15) is 51.9 Å². The summed E-state index contributed by atoms with van der Waals surface area (Å²) >= 11 is 0. The van der Waals surface area contributed by atoms with Crippen molar-refractivity contribution in [2.45, 2.75) is 51.9 Å². The zero-order valence-corrected chi connectivity index (χ0v) is 8.38. The molecular formula is C10H21NO. The minimum absolute atomic E-state index is 1.06. The lowest BCUT2D eigenvalue weighted by Gasteiger charge is -1.96. The van der Waals surface area contributed by atoms with Crippen molar-refractivity contribution in [1.29, 1.82) is 0 Å². The van der Waals surface area contributed by atoms with Crippen LogP contribution in [0.5, 0.6) is 0 Å². The van der Waals surface area contributed by atoms with E-state index in [9.17, 15) is 0 Å². The van der Waals surface area contributed by atoms with Crippen molar-refractivity contribution in [2.24, 2.45) is 5.16 Å². The van der Waals surface area contributed by atoms with E-state index < -0.39 is 0 Å². The first-order valence-electron chi connectivity index (χ1n) is 4.96. The van der Waals surface area contributed by atoms with Gasteiger partial charge in [-0.25, -0.2) is 0 Å². The molecule has 0 unspecified atom stereocenters. The van der Waals surface area contributed by atoms with Gasteiger partial charge in [0.25, 0.3) is 0 Å². The molecule has 0 aromatic carbocycles. The molecule has 0 aliphatic rings. The van der Waals surface area contributed by atoms with E-state index in [0.29, 0.717) is 0 Å². The first-order chi connectivity index (χ1) is 5.91. The molecule has 0 amide bonds. The van der Waals surface area contributed by atoms with Crippen LogP contribution < -0.4 is 0 Å². The molecule has 0 aromatic rings. The predicted octanol–water partition coefficient (Wildman–Crippen LogP) is 3.37. The van der Waals surface area contributed by atoms with Gasteiger partial charge in [-0.1, -0.05) is 44.2 Å². The summed E-state index contributed by atoms with van der Waals surface area (Å²) in [5.74, 6) is 0. The van der Waals surface area contributed by atoms with Crippen LogP contribution in [0.15, 0.2) is 5.16 Å². The highest BCUT2D eigenvalue weighted by molar-refractivity contribution is 5.55. The van der Waals surface area contributed by atoms with Gasteiger partial charge in [0, 0.05) is 6.21 Å². The van der Waals surface area contributed by atoms with Gasteiger partial charge in [0.15, 0.2) is 0 Å². The third kappa shape index (κ3) is 9.47. The second-order valence-electron chi connectivity index (χ2n) is 3.03. The standard InChI is InChI=1S/C10H21NO/c1-3-4-5-6-7-8-9-10-11-12-2/h10H,3-9H2,1-2H3. The molecule has 0 saturated carbocycles. The van der Waals surface area contributed by atoms with Crippen molar-refractivity contribution in [1.82, 2.24) is 0 Å². The van der Waals surface area contributed by atoms with Crippen molar-refractivity contribution < 1.29 is 4.84 Å². The molecule has 12 heavy (non-hydrogen) atoms. The topological polar surface area (TPSA) is 21.6 Å². The van der Waals surface area contributed by atoms with Crippen molar-refractivity contribution in [3.8, 4) is 0 Å². The third-order valence-corrected chi connectivity index (χ3v) is 1.87. The Morgan fingerprint density at radius 3 is 2.42 bits per heavy atom. The molecule has 0 rings (SSSR count). The van der Waals surface area contributed by atoms with Gasteiger partial charge in [-0.15, -0.1) is 0 Å². The fourth-order valence-electron chi connectivity index (χ4n) is 1.14. The summed E-state index contributed by atoms with van der Waals surface area (Å²) in [7, 11) is 1.58. The van der Waals surface area contributed by atoms with Crippen molar-refractivity contribution >= 4 is 6.21 Å². The molecule has 2 nitrogen and oxygen atoms in total. The van der Waals surface area contributed by atoms with Gasteiger partial charge in [0.05, 0.1) is 0 Å².